The van der Waals surface area contributed by atoms with E-state index in [4.69, 9.17) is 11.6 Å². The lowest BCUT2D eigenvalue weighted by atomic mass is 10.0. The zero-order valence-corrected chi connectivity index (χ0v) is 15.5. The van der Waals surface area contributed by atoms with Crippen molar-refractivity contribution in [2.75, 3.05) is 33.2 Å². The van der Waals surface area contributed by atoms with Crippen LogP contribution in [0, 0.1) is 0 Å². The molecule has 1 saturated heterocycles. The van der Waals surface area contributed by atoms with Crippen LogP contribution in [0.25, 0.3) is 10.9 Å². The van der Waals surface area contributed by atoms with Gasteiger partial charge in [0.05, 0.1) is 11.1 Å². The first-order valence-electron chi connectivity index (χ1n) is 8.23. The molecule has 130 valence electrons. The molecule has 4 rings (SSSR count). The van der Waals surface area contributed by atoms with E-state index in [1.54, 1.807) is 23.7 Å². The van der Waals surface area contributed by atoms with Gasteiger partial charge in [0.25, 0.3) is 0 Å². The van der Waals surface area contributed by atoms with Crippen LogP contribution in [0.2, 0.25) is 5.02 Å². The maximum atomic E-state index is 10.9. The Morgan fingerprint density at radius 1 is 1.20 bits per heavy atom. The predicted molar refractivity (Wildman–Crippen MR) is 101 cm³/mol. The number of thiazole rings is 1. The molecule has 5 nitrogen and oxygen atoms in total. The molecule has 0 spiro atoms. The number of fused-ring (bicyclic) bond motifs is 1. The number of halogens is 1. The molecule has 1 atom stereocenters. The SMILES string of the molecule is CN1CCN(C(c2nccs2)c2cc(Cl)c3cccnc3c2O)CC1. The molecule has 0 radical (unpaired) electrons. The van der Waals surface area contributed by atoms with Gasteiger partial charge in [-0.2, -0.15) is 0 Å². The van der Waals surface area contributed by atoms with Crippen LogP contribution < -0.4 is 0 Å². The first kappa shape index (κ1) is 16.7. The van der Waals surface area contributed by atoms with Crippen molar-refractivity contribution < 1.29 is 5.11 Å². The van der Waals surface area contributed by atoms with Crippen molar-refractivity contribution in [1.82, 2.24) is 19.8 Å². The van der Waals surface area contributed by atoms with Crippen molar-refractivity contribution in [3.63, 3.8) is 0 Å². The van der Waals surface area contributed by atoms with E-state index in [2.05, 4.69) is 26.8 Å². The lowest BCUT2D eigenvalue weighted by Crippen LogP contribution is -2.46. The first-order valence-corrected chi connectivity index (χ1v) is 9.49. The van der Waals surface area contributed by atoms with Gasteiger partial charge in [-0.25, -0.2) is 4.98 Å². The maximum Gasteiger partial charge on any atom is 0.147 e. The minimum atomic E-state index is -0.113. The van der Waals surface area contributed by atoms with E-state index in [0.29, 0.717) is 10.5 Å². The number of rotatable bonds is 3. The van der Waals surface area contributed by atoms with Crippen molar-refractivity contribution in [3.8, 4) is 5.75 Å². The lowest BCUT2D eigenvalue weighted by Gasteiger charge is -2.37. The van der Waals surface area contributed by atoms with Gasteiger partial charge in [0.2, 0.25) is 0 Å². The minimum Gasteiger partial charge on any atom is -0.505 e. The van der Waals surface area contributed by atoms with E-state index >= 15 is 0 Å². The molecule has 1 aliphatic heterocycles. The van der Waals surface area contributed by atoms with Crippen molar-refractivity contribution in [3.05, 3.63) is 51.6 Å². The van der Waals surface area contributed by atoms with Gasteiger partial charge in [-0.3, -0.25) is 9.88 Å². The summed E-state index contributed by atoms with van der Waals surface area (Å²) in [6.45, 7) is 3.81. The second-order valence-electron chi connectivity index (χ2n) is 6.31. The quantitative estimate of drug-likeness (QED) is 0.761. The molecule has 3 aromatic rings. The third kappa shape index (κ3) is 3.11. The summed E-state index contributed by atoms with van der Waals surface area (Å²) in [7, 11) is 2.13. The van der Waals surface area contributed by atoms with E-state index in [9.17, 15) is 5.11 Å². The summed E-state index contributed by atoms with van der Waals surface area (Å²) >= 11 is 8.11. The molecule has 0 amide bonds. The zero-order chi connectivity index (χ0) is 17.4. The largest absolute Gasteiger partial charge is 0.505 e. The molecule has 1 fully saturated rings. The molecule has 1 aliphatic rings. The average molecular weight is 375 g/mol. The number of benzene rings is 1. The fourth-order valence-electron chi connectivity index (χ4n) is 3.35. The van der Waals surface area contributed by atoms with E-state index in [-0.39, 0.29) is 11.8 Å². The molecule has 3 heterocycles. The van der Waals surface area contributed by atoms with Crippen LogP contribution in [0.15, 0.2) is 36.0 Å². The molecule has 0 aliphatic carbocycles. The van der Waals surface area contributed by atoms with Crippen molar-refractivity contribution in [1.29, 1.82) is 0 Å². The van der Waals surface area contributed by atoms with Gasteiger partial charge < -0.3 is 10.0 Å². The Kier molecular flexibility index (Phi) is 4.60. The summed E-state index contributed by atoms with van der Waals surface area (Å²) in [6.07, 6.45) is 3.48. The molecule has 25 heavy (non-hydrogen) atoms. The van der Waals surface area contributed by atoms with Gasteiger partial charge in [0.1, 0.15) is 16.3 Å². The molecule has 1 unspecified atom stereocenters. The van der Waals surface area contributed by atoms with Crippen LogP contribution in [0.3, 0.4) is 0 Å². The Hall–Kier alpha value is -1.73. The van der Waals surface area contributed by atoms with E-state index in [1.165, 1.54) is 0 Å². The summed E-state index contributed by atoms with van der Waals surface area (Å²) in [4.78, 5) is 13.5. The number of likely N-dealkylation sites (N-methyl/N-ethyl adjacent to an activating group) is 1. The molecule has 1 aromatic carbocycles. The number of piperazine rings is 1. The minimum absolute atomic E-state index is 0.113. The summed E-state index contributed by atoms with van der Waals surface area (Å²) in [5.74, 6) is 0.194. The maximum absolute atomic E-state index is 10.9. The van der Waals surface area contributed by atoms with Crippen LogP contribution >= 0.6 is 22.9 Å². The molecule has 0 saturated carbocycles. The molecular formula is C18H19ClN4OS. The zero-order valence-electron chi connectivity index (χ0n) is 13.9. The van der Waals surface area contributed by atoms with Gasteiger partial charge >= 0.3 is 0 Å². The Labute approximate surface area is 155 Å². The molecule has 0 bridgehead atoms. The number of nitrogens with zero attached hydrogens (tertiary/aromatic N) is 4. The second-order valence-corrected chi connectivity index (χ2v) is 7.64. The van der Waals surface area contributed by atoms with Gasteiger partial charge in [-0.15, -0.1) is 11.3 Å². The predicted octanol–water partition coefficient (Wildman–Crippen LogP) is 3.39. The first-order chi connectivity index (χ1) is 12.1. The van der Waals surface area contributed by atoms with Crippen LogP contribution in [-0.2, 0) is 0 Å². The Balaban J connectivity index is 1.85. The number of phenolic OH excluding ortho intramolecular Hbond substituents is 1. The smallest absolute Gasteiger partial charge is 0.147 e. The molecular weight excluding hydrogens is 356 g/mol. The third-order valence-corrected chi connectivity index (χ3v) is 5.87. The normalized spacial score (nSPS) is 17.8. The highest BCUT2D eigenvalue weighted by Gasteiger charge is 2.30. The lowest BCUT2D eigenvalue weighted by molar-refractivity contribution is 0.126. The van der Waals surface area contributed by atoms with Gasteiger partial charge in [0, 0.05) is 54.9 Å². The fraction of sp³-hybridized carbons (Fsp3) is 0.333. The van der Waals surface area contributed by atoms with E-state index in [0.717, 1.165) is 42.1 Å². The second kappa shape index (κ2) is 6.88. The Bertz CT molecular complexity index is 878. The average Bonchev–Trinajstić information content (AvgIpc) is 3.15. The summed E-state index contributed by atoms with van der Waals surface area (Å²) < 4.78 is 0. The molecule has 7 heteroatoms. The van der Waals surface area contributed by atoms with Crippen LogP contribution in [0.1, 0.15) is 16.6 Å². The van der Waals surface area contributed by atoms with Crippen molar-refractivity contribution in [2.45, 2.75) is 6.04 Å². The van der Waals surface area contributed by atoms with Crippen LogP contribution in [0.5, 0.6) is 5.75 Å². The highest BCUT2D eigenvalue weighted by Crippen LogP contribution is 2.41. The summed E-state index contributed by atoms with van der Waals surface area (Å²) in [6, 6.07) is 5.46. The molecule has 1 N–H and O–H groups in total. The van der Waals surface area contributed by atoms with Gasteiger partial charge in [0.15, 0.2) is 0 Å². The monoisotopic (exact) mass is 374 g/mol. The molecule has 2 aromatic heterocycles. The van der Waals surface area contributed by atoms with Crippen molar-refractivity contribution >= 4 is 33.8 Å². The standard InChI is InChI=1S/C18H19ClN4OS/c1-22-6-8-23(9-7-22)16(18-21-5-10-25-18)13-11-14(19)12-3-2-4-20-15(12)17(13)24/h2-5,10-11,16,24H,6-9H2,1H3. The van der Waals surface area contributed by atoms with E-state index in [1.807, 2.05) is 23.6 Å². The van der Waals surface area contributed by atoms with Gasteiger partial charge in [-0.1, -0.05) is 11.6 Å². The van der Waals surface area contributed by atoms with Crippen LogP contribution in [0.4, 0.5) is 0 Å². The van der Waals surface area contributed by atoms with E-state index < -0.39 is 0 Å². The van der Waals surface area contributed by atoms with Gasteiger partial charge in [-0.05, 0) is 25.2 Å². The number of phenols is 1. The Morgan fingerprint density at radius 3 is 2.72 bits per heavy atom. The number of aromatic nitrogens is 2. The topological polar surface area (TPSA) is 52.5 Å². The van der Waals surface area contributed by atoms with Crippen LogP contribution in [-0.4, -0.2) is 58.1 Å². The summed E-state index contributed by atoms with van der Waals surface area (Å²) in [5, 5.41) is 15.2. The highest BCUT2D eigenvalue weighted by molar-refractivity contribution is 7.09. The fourth-order valence-corrected chi connectivity index (χ4v) is 4.41. The number of pyridine rings is 1. The Morgan fingerprint density at radius 2 is 2.00 bits per heavy atom. The third-order valence-electron chi connectivity index (χ3n) is 4.73. The van der Waals surface area contributed by atoms with Crippen molar-refractivity contribution in [2.24, 2.45) is 0 Å². The number of aromatic hydroxyl groups is 1. The summed E-state index contributed by atoms with van der Waals surface area (Å²) in [5.41, 5.74) is 1.32. The highest BCUT2D eigenvalue weighted by atomic mass is 35.5. The number of hydrogen-bond donors (Lipinski definition) is 1. The number of hydrogen-bond acceptors (Lipinski definition) is 6.